The number of halogens is 1. The summed E-state index contributed by atoms with van der Waals surface area (Å²) in [4.78, 5) is 30.2. The molecule has 2 aromatic heterocycles. The maximum Gasteiger partial charge on any atom is 0.330 e. The molecule has 0 atom stereocenters. The molecular weight excluding hydrogens is 404 g/mol. The molecule has 0 aliphatic rings. The Morgan fingerprint density at radius 3 is 2.64 bits per heavy atom. The average Bonchev–Trinajstić information content (AvgIpc) is 2.91. The number of nitrogens with zero attached hydrogens (tertiary/aromatic N) is 2. The number of hydrogen-bond donors (Lipinski definition) is 2. The van der Waals surface area contributed by atoms with Crippen LogP contribution in [-0.4, -0.2) is 16.1 Å². The number of nitrogen functional groups attached to an aromatic ring is 1. The van der Waals surface area contributed by atoms with Crippen LogP contribution in [0.5, 0.6) is 0 Å². The highest BCUT2D eigenvalue weighted by Crippen LogP contribution is 2.26. The first kappa shape index (κ1) is 19.8. The normalized spacial score (nSPS) is 11.2. The lowest BCUT2D eigenvalue weighted by molar-refractivity contribution is 0.587. The number of H-pyrrole nitrogens is 1. The first-order valence-electron chi connectivity index (χ1n) is 8.45. The van der Waals surface area contributed by atoms with Crippen LogP contribution in [0.2, 0.25) is 0 Å². The van der Waals surface area contributed by atoms with E-state index in [0.717, 1.165) is 21.5 Å². The number of hydrogen-bond acceptors (Lipinski definition) is 5. The van der Waals surface area contributed by atoms with Gasteiger partial charge in [0.1, 0.15) is 11.5 Å². The van der Waals surface area contributed by atoms with Crippen LogP contribution in [0.4, 0.5) is 11.5 Å². The molecule has 138 valence electrons. The lowest BCUT2D eigenvalue weighted by atomic mass is 10.2. The molecule has 0 bridgehead atoms. The average molecular weight is 429 g/mol. The van der Waals surface area contributed by atoms with E-state index in [1.54, 1.807) is 11.3 Å². The number of anilines is 2. The van der Waals surface area contributed by atoms with Gasteiger partial charge in [0.25, 0.3) is 5.56 Å². The van der Waals surface area contributed by atoms with Crippen molar-refractivity contribution >= 4 is 38.8 Å². The van der Waals surface area contributed by atoms with Crippen molar-refractivity contribution < 1.29 is 0 Å². The zero-order chi connectivity index (χ0) is 18.6. The van der Waals surface area contributed by atoms with Crippen LogP contribution in [0.15, 0.2) is 25.5 Å². The maximum absolute atomic E-state index is 12.5. The van der Waals surface area contributed by atoms with Crippen molar-refractivity contribution in [2.75, 3.05) is 17.2 Å². The second-order valence-corrected chi connectivity index (χ2v) is 9.03. The van der Waals surface area contributed by atoms with Gasteiger partial charge in [-0.15, -0.1) is 11.3 Å². The number of aromatic amines is 1. The summed E-state index contributed by atoms with van der Waals surface area (Å²) in [6, 6.07) is 4.02. The van der Waals surface area contributed by atoms with Gasteiger partial charge >= 0.3 is 5.69 Å². The molecule has 25 heavy (non-hydrogen) atoms. The predicted octanol–water partition coefficient (Wildman–Crippen LogP) is 3.41. The minimum atomic E-state index is -0.442. The molecule has 0 saturated carbocycles. The summed E-state index contributed by atoms with van der Waals surface area (Å²) in [5.74, 6) is 0.594. The fraction of sp³-hybridized carbons (Fsp3) is 0.529. The van der Waals surface area contributed by atoms with Crippen LogP contribution in [0.1, 0.15) is 38.5 Å². The Morgan fingerprint density at radius 1 is 1.36 bits per heavy atom. The monoisotopic (exact) mass is 428 g/mol. The number of unbranched alkanes of at least 4 members (excludes halogenated alkanes) is 1. The molecule has 0 spiro atoms. The van der Waals surface area contributed by atoms with Gasteiger partial charge in [-0.25, -0.2) is 4.79 Å². The summed E-state index contributed by atoms with van der Waals surface area (Å²) >= 11 is 5.09. The van der Waals surface area contributed by atoms with E-state index in [1.165, 1.54) is 4.57 Å². The minimum Gasteiger partial charge on any atom is -0.383 e. The summed E-state index contributed by atoms with van der Waals surface area (Å²) < 4.78 is 2.51. The van der Waals surface area contributed by atoms with Crippen LogP contribution in [0.25, 0.3) is 0 Å². The van der Waals surface area contributed by atoms with Crippen LogP contribution in [0, 0.1) is 5.92 Å². The zero-order valence-corrected chi connectivity index (χ0v) is 17.2. The van der Waals surface area contributed by atoms with E-state index in [0.29, 0.717) is 31.2 Å². The van der Waals surface area contributed by atoms with Crippen molar-refractivity contribution in [3.05, 3.63) is 41.6 Å². The molecular formula is C17H25BrN4O2S. The van der Waals surface area contributed by atoms with Gasteiger partial charge < -0.3 is 10.6 Å². The largest absolute Gasteiger partial charge is 0.383 e. The van der Waals surface area contributed by atoms with E-state index in [9.17, 15) is 9.59 Å². The molecule has 0 unspecified atom stereocenters. The van der Waals surface area contributed by atoms with Crippen molar-refractivity contribution in [3.63, 3.8) is 0 Å². The minimum absolute atomic E-state index is 0.249. The van der Waals surface area contributed by atoms with Gasteiger partial charge in [-0.2, -0.15) is 0 Å². The van der Waals surface area contributed by atoms with Gasteiger partial charge in [-0.3, -0.25) is 14.3 Å². The molecule has 3 N–H and O–H groups in total. The molecule has 8 heteroatoms. The van der Waals surface area contributed by atoms with Crippen molar-refractivity contribution in [1.29, 1.82) is 0 Å². The Balaban J connectivity index is 2.48. The lowest BCUT2D eigenvalue weighted by Gasteiger charge is -2.27. The number of rotatable bonds is 8. The molecule has 0 fully saturated rings. The predicted molar refractivity (Wildman–Crippen MR) is 109 cm³/mol. The number of nitrogens with one attached hydrogen (secondary N) is 1. The van der Waals surface area contributed by atoms with Crippen LogP contribution < -0.4 is 21.9 Å². The molecule has 0 saturated heterocycles. The zero-order valence-electron chi connectivity index (χ0n) is 14.8. The van der Waals surface area contributed by atoms with E-state index in [-0.39, 0.29) is 5.82 Å². The van der Waals surface area contributed by atoms with Crippen molar-refractivity contribution in [2.24, 2.45) is 5.92 Å². The third-order valence-electron chi connectivity index (χ3n) is 3.83. The number of thiophene rings is 1. The van der Waals surface area contributed by atoms with Crippen molar-refractivity contribution in [3.8, 4) is 0 Å². The third kappa shape index (κ3) is 4.98. The van der Waals surface area contributed by atoms with E-state index in [2.05, 4.69) is 34.8 Å². The van der Waals surface area contributed by atoms with Gasteiger partial charge in [0.2, 0.25) is 0 Å². The van der Waals surface area contributed by atoms with E-state index < -0.39 is 11.2 Å². The fourth-order valence-electron chi connectivity index (χ4n) is 2.72. The first-order valence-corrected chi connectivity index (χ1v) is 10.1. The summed E-state index contributed by atoms with van der Waals surface area (Å²) in [7, 11) is 0. The topological polar surface area (TPSA) is 84.1 Å². The van der Waals surface area contributed by atoms with Gasteiger partial charge in [0, 0.05) is 18.0 Å². The lowest BCUT2D eigenvalue weighted by Crippen LogP contribution is -2.39. The first-order chi connectivity index (χ1) is 11.8. The maximum atomic E-state index is 12.5. The Kier molecular flexibility index (Phi) is 6.89. The molecule has 6 nitrogen and oxygen atoms in total. The second-order valence-electron chi connectivity index (χ2n) is 6.48. The molecule has 0 amide bonds. The summed E-state index contributed by atoms with van der Waals surface area (Å²) in [6.07, 6.45) is 1.77. The molecule has 2 aromatic rings. The summed E-state index contributed by atoms with van der Waals surface area (Å²) in [5.41, 5.74) is 5.77. The van der Waals surface area contributed by atoms with E-state index in [1.807, 2.05) is 24.0 Å². The molecule has 0 aliphatic heterocycles. The van der Waals surface area contributed by atoms with Crippen LogP contribution in [0.3, 0.4) is 0 Å². The van der Waals surface area contributed by atoms with Gasteiger partial charge in [0.15, 0.2) is 0 Å². The van der Waals surface area contributed by atoms with E-state index >= 15 is 0 Å². The quantitative estimate of drug-likeness (QED) is 0.674. The SMILES string of the molecule is CCCCn1c(N)c(N(Cc2ccc(Br)s2)CC(C)C)c(=O)[nH]c1=O. The Morgan fingerprint density at radius 2 is 2.08 bits per heavy atom. The summed E-state index contributed by atoms with van der Waals surface area (Å²) in [6.45, 7) is 7.99. The second kappa shape index (κ2) is 8.71. The van der Waals surface area contributed by atoms with Gasteiger partial charge in [0.05, 0.1) is 10.3 Å². The Labute approximate surface area is 159 Å². The Bertz CT molecular complexity index is 825. The highest BCUT2D eigenvalue weighted by Gasteiger charge is 2.20. The third-order valence-corrected chi connectivity index (χ3v) is 5.44. The molecule has 0 radical (unpaired) electrons. The van der Waals surface area contributed by atoms with Crippen LogP contribution >= 0.6 is 27.3 Å². The highest BCUT2D eigenvalue weighted by molar-refractivity contribution is 9.11. The summed E-state index contributed by atoms with van der Waals surface area (Å²) in [5, 5.41) is 0. The number of nitrogens with two attached hydrogens (primary N) is 1. The van der Waals surface area contributed by atoms with Gasteiger partial charge in [-0.1, -0.05) is 27.2 Å². The van der Waals surface area contributed by atoms with E-state index in [4.69, 9.17) is 5.73 Å². The fourth-order valence-corrected chi connectivity index (χ4v) is 4.22. The molecule has 0 aromatic carbocycles. The smallest absolute Gasteiger partial charge is 0.330 e. The molecule has 2 rings (SSSR count). The highest BCUT2D eigenvalue weighted by atomic mass is 79.9. The van der Waals surface area contributed by atoms with Gasteiger partial charge in [-0.05, 0) is 40.4 Å². The standard InChI is InChI=1S/C17H25BrN4O2S/c1-4-5-8-22-15(19)14(16(23)20-17(22)24)21(9-11(2)3)10-12-6-7-13(18)25-12/h6-7,11H,4-5,8-10,19H2,1-3H3,(H,20,23,24). The molecule has 0 aliphatic carbocycles. The van der Waals surface area contributed by atoms with Crippen molar-refractivity contribution in [1.82, 2.24) is 9.55 Å². The Hall–Kier alpha value is -1.54. The van der Waals surface area contributed by atoms with Crippen LogP contribution in [-0.2, 0) is 13.1 Å². The molecule has 2 heterocycles. The number of aromatic nitrogens is 2. The van der Waals surface area contributed by atoms with Crippen molar-refractivity contribution in [2.45, 2.75) is 46.7 Å².